The Labute approximate surface area is 153 Å². The third-order valence-corrected chi connectivity index (χ3v) is 3.77. The molecule has 0 aliphatic rings. The molecule has 0 atom stereocenters. The van der Waals surface area contributed by atoms with E-state index in [9.17, 15) is 9.59 Å². The van der Waals surface area contributed by atoms with Crippen LogP contribution < -0.4 is 16.0 Å². The number of benzene rings is 1. The van der Waals surface area contributed by atoms with Crippen LogP contribution >= 0.6 is 23.8 Å². The average molecular weight is 370 g/mol. The van der Waals surface area contributed by atoms with Crippen LogP contribution in [-0.2, 0) is 9.59 Å². The summed E-state index contributed by atoms with van der Waals surface area (Å²) in [5.74, 6) is -0.179. The monoisotopic (exact) mass is 369 g/mol. The van der Waals surface area contributed by atoms with Gasteiger partial charge in [0.05, 0.1) is 10.7 Å². The van der Waals surface area contributed by atoms with Gasteiger partial charge >= 0.3 is 0 Å². The molecule has 0 aliphatic carbocycles. The van der Waals surface area contributed by atoms with E-state index >= 15 is 0 Å². The first-order valence-electron chi connectivity index (χ1n) is 8.16. The van der Waals surface area contributed by atoms with Crippen molar-refractivity contribution in [3.8, 4) is 0 Å². The van der Waals surface area contributed by atoms with Crippen LogP contribution in [0.25, 0.3) is 0 Å². The summed E-state index contributed by atoms with van der Waals surface area (Å²) in [5, 5.41) is 8.95. The molecule has 0 unspecified atom stereocenters. The van der Waals surface area contributed by atoms with Crippen molar-refractivity contribution in [2.45, 2.75) is 52.4 Å². The van der Waals surface area contributed by atoms with Crippen LogP contribution in [0.5, 0.6) is 0 Å². The van der Waals surface area contributed by atoms with Gasteiger partial charge in [-0.3, -0.25) is 9.59 Å². The van der Waals surface area contributed by atoms with Crippen LogP contribution in [-0.4, -0.2) is 16.9 Å². The molecule has 0 heterocycles. The summed E-state index contributed by atoms with van der Waals surface area (Å²) < 4.78 is 0. The van der Waals surface area contributed by atoms with E-state index in [1.807, 2.05) is 6.92 Å². The first-order valence-corrected chi connectivity index (χ1v) is 8.95. The highest BCUT2D eigenvalue weighted by Gasteiger charge is 2.09. The van der Waals surface area contributed by atoms with E-state index in [2.05, 4.69) is 22.9 Å². The third kappa shape index (κ3) is 7.75. The van der Waals surface area contributed by atoms with Crippen molar-refractivity contribution >= 4 is 52.1 Å². The number of thiocarbonyl (C=S) groups is 1. The first kappa shape index (κ1) is 20.4. The fourth-order valence-corrected chi connectivity index (χ4v) is 2.42. The molecule has 24 heavy (non-hydrogen) atoms. The van der Waals surface area contributed by atoms with Gasteiger partial charge in [0.2, 0.25) is 11.8 Å². The summed E-state index contributed by atoms with van der Waals surface area (Å²) in [5.41, 5.74) is 1.15. The molecule has 7 heteroatoms. The molecule has 2 amide bonds. The van der Waals surface area contributed by atoms with Crippen LogP contribution in [0.15, 0.2) is 18.2 Å². The molecule has 0 spiro atoms. The minimum Gasteiger partial charge on any atom is -0.331 e. The van der Waals surface area contributed by atoms with Crippen molar-refractivity contribution in [1.82, 2.24) is 5.32 Å². The number of amides is 2. The predicted octanol–water partition coefficient (Wildman–Crippen LogP) is 4.47. The van der Waals surface area contributed by atoms with Gasteiger partial charge in [-0.15, -0.1) is 0 Å². The van der Waals surface area contributed by atoms with Gasteiger partial charge in [-0.1, -0.05) is 38.3 Å². The molecule has 1 rings (SSSR count). The first-order chi connectivity index (χ1) is 11.5. The number of unbranched alkanes of at least 4 members (excludes halogenated alkanes) is 2. The quantitative estimate of drug-likeness (QED) is 0.467. The molecule has 3 N–H and O–H groups in total. The highest BCUT2D eigenvalue weighted by Crippen LogP contribution is 2.25. The fraction of sp³-hybridized carbons (Fsp3) is 0.471. The average Bonchev–Trinajstić information content (AvgIpc) is 2.51. The number of nitrogens with one attached hydrogen (secondary N) is 3. The molecule has 0 saturated carbocycles. The summed E-state index contributed by atoms with van der Waals surface area (Å²) in [6.45, 7) is 4.02. The molecule has 0 saturated heterocycles. The smallest absolute Gasteiger partial charge is 0.226 e. The van der Waals surface area contributed by atoms with E-state index in [4.69, 9.17) is 23.8 Å². The second-order valence-electron chi connectivity index (χ2n) is 5.45. The van der Waals surface area contributed by atoms with Crippen molar-refractivity contribution in [2.75, 3.05) is 10.6 Å². The summed E-state index contributed by atoms with van der Waals surface area (Å²) in [7, 11) is 0. The second-order valence-corrected chi connectivity index (χ2v) is 6.27. The molecular formula is C17H24ClN3O2S. The lowest BCUT2D eigenvalue weighted by Crippen LogP contribution is -2.34. The Hall–Kier alpha value is -1.66. The van der Waals surface area contributed by atoms with E-state index in [-0.39, 0.29) is 16.9 Å². The highest BCUT2D eigenvalue weighted by atomic mass is 35.5. The zero-order valence-corrected chi connectivity index (χ0v) is 15.6. The van der Waals surface area contributed by atoms with Gasteiger partial charge in [0, 0.05) is 18.5 Å². The standard InChI is InChI=1S/C17H24ClN3O2S/c1-3-5-6-8-16(23)21-17(24)20-14-11-12(9-10-13(14)18)19-15(22)7-4-2/h9-11H,3-8H2,1-2H3,(H,19,22)(H2,20,21,23,24). The van der Waals surface area contributed by atoms with Crippen molar-refractivity contribution in [2.24, 2.45) is 0 Å². The van der Waals surface area contributed by atoms with Gasteiger partial charge in [-0.05, 0) is 43.3 Å². The molecule has 1 aromatic rings. The van der Waals surface area contributed by atoms with E-state index < -0.39 is 0 Å². The fourth-order valence-electron chi connectivity index (χ4n) is 2.03. The maximum absolute atomic E-state index is 11.8. The molecule has 0 bridgehead atoms. The number of halogens is 1. The van der Waals surface area contributed by atoms with Crippen LogP contribution in [0.4, 0.5) is 11.4 Å². The van der Waals surface area contributed by atoms with Crippen molar-refractivity contribution < 1.29 is 9.59 Å². The molecule has 132 valence electrons. The molecule has 0 fully saturated rings. The number of hydrogen-bond donors (Lipinski definition) is 3. The zero-order chi connectivity index (χ0) is 17.9. The lowest BCUT2D eigenvalue weighted by atomic mass is 10.2. The zero-order valence-electron chi connectivity index (χ0n) is 14.1. The normalized spacial score (nSPS) is 10.1. The SMILES string of the molecule is CCCCCC(=O)NC(=S)Nc1cc(NC(=O)CCC)ccc1Cl. The minimum atomic E-state index is -0.121. The Morgan fingerprint density at radius 3 is 2.46 bits per heavy atom. The lowest BCUT2D eigenvalue weighted by molar-refractivity contribution is -0.119. The van der Waals surface area contributed by atoms with Gasteiger partial charge in [0.15, 0.2) is 5.11 Å². The Morgan fingerprint density at radius 1 is 1.04 bits per heavy atom. The van der Waals surface area contributed by atoms with Crippen LogP contribution in [0.1, 0.15) is 52.4 Å². The van der Waals surface area contributed by atoms with Crippen LogP contribution in [0, 0.1) is 0 Å². The largest absolute Gasteiger partial charge is 0.331 e. The molecule has 0 radical (unpaired) electrons. The second kappa shape index (κ2) is 11.0. The van der Waals surface area contributed by atoms with E-state index in [0.717, 1.165) is 25.7 Å². The predicted molar refractivity (Wildman–Crippen MR) is 103 cm³/mol. The number of carbonyl (C=O) groups excluding carboxylic acids is 2. The van der Waals surface area contributed by atoms with E-state index in [1.165, 1.54) is 0 Å². The van der Waals surface area contributed by atoms with E-state index in [0.29, 0.717) is 29.2 Å². The Morgan fingerprint density at radius 2 is 1.79 bits per heavy atom. The maximum atomic E-state index is 11.8. The van der Waals surface area contributed by atoms with Crippen molar-refractivity contribution in [3.63, 3.8) is 0 Å². The van der Waals surface area contributed by atoms with Gasteiger partial charge in [0.1, 0.15) is 0 Å². The van der Waals surface area contributed by atoms with Crippen molar-refractivity contribution in [3.05, 3.63) is 23.2 Å². The summed E-state index contributed by atoms with van der Waals surface area (Å²) in [4.78, 5) is 23.4. The van der Waals surface area contributed by atoms with Crippen molar-refractivity contribution in [1.29, 1.82) is 0 Å². The Bertz CT molecular complexity index is 593. The molecule has 0 aliphatic heterocycles. The van der Waals surface area contributed by atoms with Gasteiger partial charge < -0.3 is 16.0 Å². The molecule has 1 aromatic carbocycles. The Kier molecular flexibility index (Phi) is 9.34. The molecule has 5 nitrogen and oxygen atoms in total. The number of anilines is 2. The molecular weight excluding hydrogens is 346 g/mol. The van der Waals surface area contributed by atoms with Gasteiger partial charge in [-0.25, -0.2) is 0 Å². The highest BCUT2D eigenvalue weighted by molar-refractivity contribution is 7.80. The summed E-state index contributed by atoms with van der Waals surface area (Å²) in [6, 6.07) is 5.07. The summed E-state index contributed by atoms with van der Waals surface area (Å²) >= 11 is 11.3. The van der Waals surface area contributed by atoms with Crippen LogP contribution in [0.3, 0.4) is 0 Å². The van der Waals surface area contributed by atoms with E-state index in [1.54, 1.807) is 18.2 Å². The third-order valence-electron chi connectivity index (χ3n) is 3.24. The molecule has 0 aromatic heterocycles. The maximum Gasteiger partial charge on any atom is 0.226 e. The Balaban J connectivity index is 2.61. The minimum absolute atomic E-state index is 0.0578. The summed E-state index contributed by atoms with van der Waals surface area (Å²) in [6.07, 6.45) is 4.58. The lowest BCUT2D eigenvalue weighted by Gasteiger charge is -2.13. The number of carbonyl (C=O) groups is 2. The van der Waals surface area contributed by atoms with Crippen LogP contribution in [0.2, 0.25) is 5.02 Å². The number of hydrogen-bond acceptors (Lipinski definition) is 3. The number of rotatable bonds is 8. The topological polar surface area (TPSA) is 70.2 Å². The van der Waals surface area contributed by atoms with Gasteiger partial charge in [-0.2, -0.15) is 0 Å². The van der Waals surface area contributed by atoms with Gasteiger partial charge in [0.25, 0.3) is 0 Å².